The van der Waals surface area contributed by atoms with E-state index in [0.717, 1.165) is 12.1 Å². The second kappa shape index (κ2) is 6.23. The predicted octanol–water partition coefficient (Wildman–Crippen LogP) is 0.675. The Hall–Kier alpha value is -1.60. The Morgan fingerprint density at radius 3 is 2.55 bits per heavy atom. The molecule has 0 radical (unpaired) electrons. The monoisotopic (exact) mass is 297 g/mol. The molecule has 1 heterocycles. The molecule has 6 nitrogen and oxygen atoms in total. The van der Waals surface area contributed by atoms with Gasteiger partial charge < -0.3 is 10.6 Å². The van der Waals surface area contributed by atoms with Crippen LogP contribution in [0.5, 0.6) is 0 Å². The van der Waals surface area contributed by atoms with Crippen LogP contribution in [0.3, 0.4) is 0 Å². The number of rotatable bonds is 6. The van der Waals surface area contributed by atoms with E-state index in [-0.39, 0.29) is 16.8 Å². The maximum atomic E-state index is 11.9. The van der Waals surface area contributed by atoms with Gasteiger partial charge in [-0.15, -0.1) is 0 Å². The van der Waals surface area contributed by atoms with Crippen LogP contribution >= 0.6 is 0 Å². The van der Waals surface area contributed by atoms with E-state index in [2.05, 4.69) is 15.4 Å². The highest BCUT2D eigenvalue weighted by molar-refractivity contribution is 7.89. The van der Waals surface area contributed by atoms with Gasteiger partial charge in [-0.1, -0.05) is 6.92 Å². The van der Waals surface area contributed by atoms with E-state index in [1.54, 1.807) is 24.3 Å². The van der Waals surface area contributed by atoms with Gasteiger partial charge in [0.2, 0.25) is 15.9 Å². The summed E-state index contributed by atoms with van der Waals surface area (Å²) in [7, 11) is -3.42. The van der Waals surface area contributed by atoms with Crippen molar-refractivity contribution in [3.05, 3.63) is 24.3 Å². The van der Waals surface area contributed by atoms with Crippen LogP contribution in [-0.2, 0) is 14.8 Å². The summed E-state index contributed by atoms with van der Waals surface area (Å²) in [5.74, 6) is 0.0328. The minimum Gasteiger partial charge on any atom is -0.380 e. The van der Waals surface area contributed by atoms with Crippen LogP contribution in [0.15, 0.2) is 29.2 Å². The fraction of sp³-hybridized carbons (Fsp3) is 0.462. The number of hydrogen-bond donors (Lipinski definition) is 3. The van der Waals surface area contributed by atoms with E-state index in [0.29, 0.717) is 19.5 Å². The first-order chi connectivity index (χ1) is 9.51. The fourth-order valence-electron chi connectivity index (χ4n) is 1.99. The van der Waals surface area contributed by atoms with Crippen LogP contribution in [0, 0.1) is 0 Å². The number of carbonyl (C=O) groups is 1. The van der Waals surface area contributed by atoms with Crippen molar-refractivity contribution in [1.29, 1.82) is 0 Å². The Labute approximate surface area is 119 Å². The van der Waals surface area contributed by atoms with Gasteiger partial charge in [-0.2, -0.15) is 0 Å². The SMILES string of the molecule is CCCNS(=O)(=O)c1ccc(NC2CNC(=O)C2)cc1. The normalized spacial score (nSPS) is 18.9. The van der Waals surface area contributed by atoms with E-state index < -0.39 is 10.0 Å². The average Bonchev–Trinajstić information content (AvgIpc) is 2.82. The second-order valence-electron chi connectivity index (χ2n) is 4.77. The lowest BCUT2D eigenvalue weighted by Gasteiger charge is -2.12. The minimum absolute atomic E-state index is 0.0328. The molecule has 110 valence electrons. The Morgan fingerprint density at radius 2 is 2.00 bits per heavy atom. The van der Waals surface area contributed by atoms with Crippen molar-refractivity contribution in [1.82, 2.24) is 10.0 Å². The van der Waals surface area contributed by atoms with Crippen LogP contribution in [0.4, 0.5) is 5.69 Å². The standard InChI is InChI=1S/C13H19N3O3S/c1-2-7-15-20(18,19)12-5-3-10(4-6-12)16-11-8-13(17)14-9-11/h3-6,11,15-16H,2,7-9H2,1H3,(H,14,17). The smallest absolute Gasteiger partial charge is 0.240 e. The minimum atomic E-state index is -3.42. The number of amides is 1. The maximum Gasteiger partial charge on any atom is 0.240 e. The number of sulfonamides is 1. The topological polar surface area (TPSA) is 87.3 Å². The molecular formula is C13H19N3O3S. The van der Waals surface area contributed by atoms with Crippen LogP contribution in [0.1, 0.15) is 19.8 Å². The summed E-state index contributed by atoms with van der Waals surface area (Å²) < 4.78 is 26.3. The quantitative estimate of drug-likeness (QED) is 0.720. The van der Waals surface area contributed by atoms with Crippen LogP contribution in [0.25, 0.3) is 0 Å². The van der Waals surface area contributed by atoms with Gasteiger partial charge in [-0.05, 0) is 30.7 Å². The van der Waals surface area contributed by atoms with Gasteiger partial charge in [-0.25, -0.2) is 13.1 Å². The Balaban J connectivity index is 2.01. The van der Waals surface area contributed by atoms with Crippen LogP contribution < -0.4 is 15.4 Å². The van der Waals surface area contributed by atoms with Crippen LogP contribution in [-0.4, -0.2) is 33.5 Å². The lowest BCUT2D eigenvalue weighted by atomic mass is 10.2. The number of hydrogen-bond acceptors (Lipinski definition) is 4. The molecule has 1 aromatic carbocycles. The van der Waals surface area contributed by atoms with E-state index in [1.807, 2.05) is 6.92 Å². The summed E-state index contributed by atoms with van der Waals surface area (Å²) in [5.41, 5.74) is 0.806. The van der Waals surface area contributed by atoms with E-state index in [9.17, 15) is 13.2 Å². The number of benzene rings is 1. The third-order valence-electron chi connectivity index (χ3n) is 3.05. The lowest BCUT2D eigenvalue weighted by molar-refractivity contribution is -0.119. The largest absolute Gasteiger partial charge is 0.380 e. The van der Waals surface area contributed by atoms with Crippen molar-refractivity contribution in [2.45, 2.75) is 30.7 Å². The summed E-state index contributed by atoms with van der Waals surface area (Å²) in [6.07, 6.45) is 1.19. The molecule has 1 atom stereocenters. The molecule has 1 unspecified atom stereocenters. The lowest BCUT2D eigenvalue weighted by Crippen LogP contribution is -2.24. The molecule has 1 aliphatic heterocycles. The molecule has 0 aromatic heterocycles. The van der Waals surface area contributed by atoms with Gasteiger partial charge in [0.25, 0.3) is 0 Å². The van der Waals surface area contributed by atoms with E-state index >= 15 is 0 Å². The summed E-state index contributed by atoms with van der Waals surface area (Å²) in [5, 5.41) is 5.94. The first-order valence-corrected chi connectivity index (χ1v) is 8.12. The van der Waals surface area contributed by atoms with Crippen molar-refractivity contribution in [3.8, 4) is 0 Å². The van der Waals surface area contributed by atoms with Crippen molar-refractivity contribution in [2.75, 3.05) is 18.4 Å². The number of carbonyl (C=O) groups excluding carboxylic acids is 1. The molecule has 0 spiro atoms. The predicted molar refractivity (Wildman–Crippen MR) is 77.0 cm³/mol. The molecule has 7 heteroatoms. The van der Waals surface area contributed by atoms with Crippen molar-refractivity contribution in [2.24, 2.45) is 0 Å². The number of anilines is 1. The fourth-order valence-corrected chi connectivity index (χ4v) is 3.13. The summed E-state index contributed by atoms with van der Waals surface area (Å²) >= 11 is 0. The molecule has 0 saturated carbocycles. The second-order valence-corrected chi connectivity index (χ2v) is 6.54. The van der Waals surface area contributed by atoms with Gasteiger partial charge >= 0.3 is 0 Å². The summed E-state index contributed by atoms with van der Waals surface area (Å²) in [6.45, 7) is 2.93. The Kier molecular flexibility index (Phi) is 4.61. The zero-order valence-electron chi connectivity index (χ0n) is 11.3. The third kappa shape index (κ3) is 3.71. The molecule has 0 bridgehead atoms. The first kappa shape index (κ1) is 14.8. The summed E-state index contributed by atoms with van der Waals surface area (Å²) in [6, 6.07) is 6.60. The van der Waals surface area contributed by atoms with Gasteiger partial charge in [0.15, 0.2) is 0 Å². The molecule has 20 heavy (non-hydrogen) atoms. The molecule has 1 fully saturated rings. The molecule has 3 N–H and O–H groups in total. The van der Waals surface area contributed by atoms with Gasteiger partial charge in [-0.3, -0.25) is 4.79 Å². The van der Waals surface area contributed by atoms with Gasteiger partial charge in [0.05, 0.1) is 10.9 Å². The molecule has 2 rings (SSSR count). The molecule has 0 aliphatic carbocycles. The highest BCUT2D eigenvalue weighted by Gasteiger charge is 2.21. The maximum absolute atomic E-state index is 11.9. The van der Waals surface area contributed by atoms with Crippen molar-refractivity contribution < 1.29 is 13.2 Å². The highest BCUT2D eigenvalue weighted by atomic mass is 32.2. The zero-order valence-corrected chi connectivity index (χ0v) is 12.2. The van der Waals surface area contributed by atoms with Gasteiger partial charge in [0, 0.05) is 25.2 Å². The Morgan fingerprint density at radius 1 is 1.30 bits per heavy atom. The van der Waals surface area contributed by atoms with Crippen molar-refractivity contribution >= 4 is 21.6 Å². The average molecular weight is 297 g/mol. The number of nitrogens with one attached hydrogen (secondary N) is 3. The van der Waals surface area contributed by atoms with Crippen molar-refractivity contribution in [3.63, 3.8) is 0 Å². The first-order valence-electron chi connectivity index (χ1n) is 6.64. The molecule has 1 aromatic rings. The Bertz CT molecular complexity index is 569. The van der Waals surface area contributed by atoms with E-state index in [1.165, 1.54) is 0 Å². The molecule has 1 amide bonds. The highest BCUT2D eigenvalue weighted by Crippen LogP contribution is 2.16. The summed E-state index contributed by atoms with van der Waals surface area (Å²) in [4.78, 5) is 11.3. The molecule has 1 saturated heterocycles. The van der Waals surface area contributed by atoms with Crippen LogP contribution in [0.2, 0.25) is 0 Å². The zero-order chi connectivity index (χ0) is 14.6. The molecule has 1 aliphatic rings. The van der Waals surface area contributed by atoms with E-state index in [4.69, 9.17) is 0 Å². The van der Waals surface area contributed by atoms with Gasteiger partial charge in [0.1, 0.15) is 0 Å². The molecular weight excluding hydrogens is 278 g/mol. The third-order valence-corrected chi connectivity index (χ3v) is 4.53.